The molecule has 2 N–H and O–H groups in total. The molecule has 1 amide bonds. The Morgan fingerprint density at radius 1 is 1.11 bits per heavy atom. The van der Waals surface area contributed by atoms with Crippen molar-refractivity contribution in [1.82, 2.24) is 5.32 Å². The summed E-state index contributed by atoms with van der Waals surface area (Å²) in [6, 6.07) is 0. The van der Waals surface area contributed by atoms with E-state index in [1.54, 1.807) is 0 Å². The average molecular weight is 271 g/mol. The highest BCUT2D eigenvalue weighted by molar-refractivity contribution is 5.75. The van der Waals surface area contributed by atoms with Crippen LogP contribution in [0.15, 0.2) is 0 Å². The molecule has 114 valence electrons. The van der Waals surface area contributed by atoms with Gasteiger partial charge in [0.1, 0.15) is 0 Å². The Bertz CT molecular complexity index is 259. The van der Waals surface area contributed by atoms with Gasteiger partial charge in [0.25, 0.3) is 0 Å². The van der Waals surface area contributed by atoms with Gasteiger partial charge in [0.15, 0.2) is 0 Å². The van der Waals surface area contributed by atoms with E-state index >= 15 is 0 Å². The molecule has 0 aliphatic rings. The predicted octanol–water partition coefficient (Wildman–Crippen LogP) is 3.51. The van der Waals surface area contributed by atoms with Crippen LogP contribution in [0, 0.1) is 10.8 Å². The molecule has 0 heterocycles. The highest BCUT2D eigenvalue weighted by atomic mass is 16.3. The van der Waals surface area contributed by atoms with E-state index in [0.29, 0.717) is 18.4 Å². The SMILES string of the molecule is CCCCC(C)(C)CC(C)(C)CCC(=O)NCCO. The summed E-state index contributed by atoms with van der Waals surface area (Å²) in [5.74, 6) is 0.0495. The molecule has 0 unspecified atom stereocenters. The normalized spacial score (nSPS) is 12.5. The van der Waals surface area contributed by atoms with E-state index in [2.05, 4.69) is 39.9 Å². The first kappa shape index (κ1) is 18.4. The summed E-state index contributed by atoms with van der Waals surface area (Å²) in [4.78, 5) is 11.6. The fourth-order valence-corrected chi connectivity index (χ4v) is 2.86. The van der Waals surface area contributed by atoms with Crippen LogP contribution in [0.2, 0.25) is 0 Å². The fraction of sp³-hybridized carbons (Fsp3) is 0.938. The standard InChI is InChI=1S/C16H33NO2/c1-6-7-9-15(2,3)13-16(4,5)10-8-14(19)17-11-12-18/h18H,6-13H2,1-5H3,(H,17,19). The Morgan fingerprint density at radius 2 is 1.68 bits per heavy atom. The summed E-state index contributed by atoms with van der Waals surface area (Å²) in [5, 5.41) is 11.4. The summed E-state index contributed by atoms with van der Waals surface area (Å²) in [5.41, 5.74) is 0.537. The quantitative estimate of drug-likeness (QED) is 0.639. The molecule has 0 fully saturated rings. The number of aliphatic hydroxyl groups is 1. The topological polar surface area (TPSA) is 49.3 Å². The first-order valence-electron chi connectivity index (χ1n) is 7.60. The predicted molar refractivity (Wildman–Crippen MR) is 81.0 cm³/mol. The minimum Gasteiger partial charge on any atom is -0.395 e. The van der Waals surface area contributed by atoms with E-state index in [4.69, 9.17) is 5.11 Å². The molecular weight excluding hydrogens is 238 g/mol. The minimum absolute atomic E-state index is 0.0131. The molecule has 0 bridgehead atoms. The van der Waals surface area contributed by atoms with E-state index in [0.717, 1.165) is 12.8 Å². The lowest BCUT2D eigenvalue weighted by atomic mass is 9.71. The highest BCUT2D eigenvalue weighted by Gasteiger charge is 2.28. The Balaban J connectivity index is 4.12. The van der Waals surface area contributed by atoms with Gasteiger partial charge >= 0.3 is 0 Å². The van der Waals surface area contributed by atoms with Gasteiger partial charge in [0, 0.05) is 13.0 Å². The van der Waals surface area contributed by atoms with Gasteiger partial charge in [-0.3, -0.25) is 4.79 Å². The molecule has 0 aromatic rings. The molecule has 0 radical (unpaired) electrons. The molecule has 3 nitrogen and oxygen atoms in total. The molecule has 0 aromatic carbocycles. The van der Waals surface area contributed by atoms with E-state index in [1.807, 2.05) is 0 Å². The second-order valence-electron chi connectivity index (χ2n) is 7.18. The summed E-state index contributed by atoms with van der Waals surface area (Å²) < 4.78 is 0. The summed E-state index contributed by atoms with van der Waals surface area (Å²) in [6.07, 6.45) is 6.38. The summed E-state index contributed by atoms with van der Waals surface area (Å²) >= 11 is 0. The van der Waals surface area contributed by atoms with E-state index in [1.165, 1.54) is 19.3 Å². The van der Waals surface area contributed by atoms with Crippen molar-refractivity contribution in [2.45, 2.75) is 73.1 Å². The number of carbonyl (C=O) groups is 1. The third-order valence-electron chi connectivity index (χ3n) is 3.63. The largest absolute Gasteiger partial charge is 0.395 e. The van der Waals surface area contributed by atoms with Crippen molar-refractivity contribution in [3.63, 3.8) is 0 Å². The van der Waals surface area contributed by atoms with E-state index in [9.17, 15) is 4.79 Å². The zero-order chi connectivity index (χ0) is 14.9. The zero-order valence-electron chi connectivity index (χ0n) is 13.5. The van der Waals surface area contributed by atoms with Crippen molar-refractivity contribution in [3.8, 4) is 0 Å². The number of aliphatic hydroxyl groups excluding tert-OH is 1. The van der Waals surface area contributed by atoms with Crippen LogP contribution in [0.25, 0.3) is 0 Å². The smallest absolute Gasteiger partial charge is 0.220 e. The van der Waals surface area contributed by atoms with Gasteiger partial charge in [-0.1, -0.05) is 47.5 Å². The first-order valence-corrected chi connectivity index (χ1v) is 7.60. The summed E-state index contributed by atoms with van der Waals surface area (Å²) in [6.45, 7) is 11.8. The molecule has 0 atom stereocenters. The van der Waals surface area contributed by atoms with Crippen LogP contribution in [0.4, 0.5) is 0 Å². The number of carbonyl (C=O) groups excluding carboxylic acids is 1. The Kier molecular flexibility index (Phi) is 8.31. The number of rotatable bonds is 10. The van der Waals surface area contributed by atoms with Crippen molar-refractivity contribution >= 4 is 5.91 Å². The van der Waals surface area contributed by atoms with Crippen LogP contribution >= 0.6 is 0 Å². The molecule has 19 heavy (non-hydrogen) atoms. The monoisotopic (exact) mass is 271 g/mol. The molecule has 0 saturated heterocycles. The molecule has 0 aliphatic heterocycles. The third kappa shape index (κ3) is 9.94. The van der Waals surface area contributed by atoms with Crippen molar-refractivity contribution in [3.05, 3.63) is 0 Å². The number of hydrogen-bond donors (Lipinski definition) is 2. The average Bonchev–Trinajstić information content (AvgIpc) is 2.30. The maximum atomic E-state index is 11.6. The highest BCUT2D eigenvalue weighted by Crippen LogP contribution is 2.39. The molecular formula is C16H33NO2. The van der Waals surface area contributed by atoms with Crippen molar-refractivity contribution < 1.29 is 9.90 Å². The molecule has 0 rings (SSSR count). The third-order valence-corrected chi connectivity index (χ3v) is 3.63. The van der Waals surface area contributed by atoms with Crippen molar-refractivity contribution in [2.75, 3.05) is 13.2 Å². The summed E-state index contributed by atoms with van der Waals surface area (Å²) in [7, 11) is 0. The van der Waals surface area contributed by atoms with Crippen LogP contribution in [0.1, 0.15) is 73.1 Å². The number of nitrogens with one attached hydrogen (secondary N) is 1. The maximum absolute atomic E-state index is 11.6. The number of unbranched alkanes of at least 4 members (excludes halogenated alkanes) is 1. The van der Waals surface area contributed by atoms with Gasteiger partial charge in [-0.15, -0.1) is 0 Å². The molecule has 3 heteroatoms. The van der Waals surface area contributed by atoms with E-state index < -0.39 is 0 Å². The van der Waals surface area contributed by atoms with Gasteiger partial charge in [-0.05, 0) is 30.1 Å². The fourth-order valence-electron chi connectivity index (χ4n) is 2.86. The zero-order valence-corrected chi connectivity index (χ0v) is 13.5. The minimum atomic E-state index is 0.0131. The van der Waals surface area contributed by atoms with Crippen LogP contribution in [-0.4, -0.2) is 24.2 Å². The first-order chi connectivity index (χ1) is 8.72. The molecule has 0 aliphatic carbocycles. The Hall–Kier alpha value is -0.570. The second kappa shape index (κ2) is 8.57. The molecule has 0 aromatic heterocycles. The van der Waals surface area contributed by atoms with Crippen LogP contribution in [-0.2, 0) is 4.79 Å². The lowest BCUT2D eigenvalue weighted by molar-refractivity contribution is -0.121. The lowest BCUT2D eigenvalue weighted by Gasteiger charge is -2.35. The van der Waals surface area contributed by atoms with Gasteiger partial charge in [-0.25, -0.2) is 0 Å². The van der Waals surface area contributed by atoms with Crippen molar-refractivity contribution in [2.24, 2.45) is 10.8 Å². The Morgan fingerprint density at radius 3 is 2.21 bits per heavy atom. The van der Waals surface area contributed by atoms with Crippen LogP contribution in [0.3, 0.4) is 0 Å². The van der Waals surface area contributed by atoms with Gasteiger partial charge in [0.2, 0.25) is 5.91 Å². The number of hydrogen-bond acceptors (Lipinski definition) is 2. The maximum Gasteiger partial charge on any atom is 0.220 e. The molecule has 0 saturated carbocycles. The molecule has 0 spiro atoms. The lowest BCUT2D eigenvalue weighted by Crippen LogP contribution is -2.29. The van der Waals surface area contributed by atoms with Crippen molar-refractivity contribution in [1.29, 1.82) is 0 Å². The van der Waals surface area contributed by atoms with Crippen LogP contribution < -0.4 is 5.32 Å². The Labute approximate surface area is 119 Å². The second-order valence-corrected chi connectivity index (χ2v) is 7.18. The van der Waals surface area contributed by atoms with Gasteiger partial charge in [0.05, 0.1) is 6.61 Å². The van der Waals surface area contributed by atoms with Gasteiger partial charge < -0.3 is 10.4 Å². The van der Waals surface area contributed by atoms with E-state index in [-0.39, 0.29) is 17.9 Å². The van der Waals surface area contributed by atoms with Gasteiger partial charge in [-0.2, -0.15) is 0 Å². The number of amides is 1. The van der Waals surface area contributed by atoms with Crippen LogP contribution in [0.5, 0.6) is 0 Å².